The van der Waals surface area contributed by atoms with E-state index >= 15 is 0 Å². The lowest BCUT2D eigenvalue weighted by molar-refractivity contribution is -0.300. The van der Waals surface area contributed by atoms with Gasteiger partial charge in [-0.3, -0.25) is 0 Å². The number of hydrogen-bond acceptors (Lipinski definition) is 4. The number of carbonyl (C=O) groups excluding carboxylic acids is 1. The van der Waals surface area contributed by atoms with Crippen LogP contribution < -0.4 is 5.11 Å². The summed E-state index contributed by atoms with van der Waals surface area (Å²) in [6.45, 7) is 3.93. The molecule has 0 unspecified atom stereocenters. The first-order valence-electron chi connectivity index (χ1n) is 2.61. The maximum Gasteiger partial charge on any atom is 0.150 e. The van der Waals surface area contributed by atoms with Crippen LogP contribution in [0.3, 0.4) is 0 Å². The summed E-state index contributed by atoms with van der Waals surface area (Å²) in [5, 5.41) is 25.2. The van der Waals surface area contributed by atoms with E-state index in [9.17, 15) is 9.90 Å². The summed E-state index contributed by atoms with van der Waals surface area (Å²) in [7, 11) is 0. The van der Waals surface area contributed by atoms with Crippen molar-refractivity contribution < 1.29 is 20.1 Å². The highest BCUT2D eigenvalue weighted by atomic mass is 16.3. The van der Waals surface area contributed by atoms with E-state index < -0.39 is 12.7 Å². The molecule has 0 aromatic heterocycles. The first-order valence-corrected chi connectivity index (χ1v) is 2.61. The Hall–Kier alpha value is -0.870. The van der Waals surface area contributed by atoms with Crippen LogP contribution in [0.15, 0.2) is 12.3 Å². The molecule has 4 nitrogen and oxygen atoms in total. The summed E-state index contributed by atoms with van der Waals surface area (Å²) >= 11 is 0. The highest BCUT2D eigenvalue weighted by Crippen LogP contribution is 1.66. The molecule has 4 heteroatoms. The molecule has 0 heterocycles. The second-order valence-corrected chi connectivity index (χ2v) is 1.59. The fourth-order valence-electron chi connectivity index (χ4n) is 0.0430. The van der Waals surface area contributed by atoms with Crippen LogP contribution in [0.5, 0.6) is 0 Å². The topological polar surface area (TPSA) is 80.6 Å². The van der Waals surface area contributed by atoms with Gasteiger partial charge in [-0.25, -0.2) is 0 Å². The summed E-state index contributed by atoms with van der Waals surface area (Å²) in [5.41, 5.74) is 0. The number of hydrogen-bond donors (Lipinski definition) is 2. The quantitative estimate of drug-likeness (QED) is 0.365. The van der Waals surface area contributed by atoms with Crippen LogP contribution in [-0.2, 0) is 4.79 Å². The molecule has 0 aliphatic rings. The number of rotatable bonds is 2. The third kappa shape index (κ3) is 27.3. The highest BCUT2D eigenvalue weighted by molar-refractivity contribution is 5.55. The van der Waals surface area contributed by atoms with Crippen LogP contribution >= 0.6 is 0 Å². The Morgan fingerprint density at radius 3 is 2.20 bits per heavy atom. The van der Waals surface area contributed by atoms with E-state index in [2.05, 4.69) is 6.58 Å². The van der Waals surface area contributed by atoms with Crippen molar-refractivity contribution in [3.05, 3.63) is 12.3 Å². The third-order valence-electron chi connectivity index (χ3n) is 0.344. The molecule has 0 saturated heterocycles. The number of aliphatic hydroxyl groups is 2. The highest BCUT2D eigenvalue weighted by Gasteiger charge is 1.92. The number of allylic oxidation sites excluding steroid dienone is 1. The van der Waals surface area contributed by atoms with Gasteiger partial charge in [0.25, 0.3) is 0 Å². The Labute approximate surface area is 59.4 Å². The fraction of sp³-hybridized carbons (Fsp3) is 0.500. The second kappa shape index (κ2) is 8.13. The van der Waals surface area contributed by atoms with E-state index in [1.807, 2.05) is 0 Å². The summed E-state index contributed by atoms with van der Waals surface area (Å²) in [6.07, 6.45) is -0.912. The SMILES string of the molecule is C=C(C)[O-].O=C[C@H](O)CO. The van der Waals surface area contributed by atoms with Gasteiger partial charge in [-0.1, -0.05) is 6.92 Å². The van der Waals surface area contributed by atoms with Crippen molar-refractivity contribution in [3.63, 3.8) is 0 Å². The average molecular weight is 147 g/mol. The smallest absolute Gasteiger partial charge is 0.150 e. The van der Waals surface area contributed by atoms with Crippen molar-refractivity contribution in [1.29, 1.82) is 0 Å². The van der Waals surface area contributed by atoms with Gasteiger partial charge in [-0.2, -0.15) is 0 Å². The van der Waals surface area contributed by atoms with Crippen LogP contribution in [0.25, 0.3) is 0 Å². The van der Waals surface area contributed by atoms with Gasteiger partial charge in [0.1, 0.15) is 6.10 Å². The van der Waals surface area contributed by atoms with Crippen LogP contribution in [0.1, 0.15) is 6.92 Å². The first kappa shape index (κ1) is 11.9. The normalized spacial score (nSPS) is 10.7. The summed E-state index contributed by atoms with van der Waals surface area (Å²) in [6, 6.07) is 0. The van der Waals surface area contributed by atoms with Crippen LogP contribution in [0.2, 0.25) is 0 Å². The molecule has 0 radical (unpaired) electrons. The molecule has 0 aliphatic heterocycles. The Morgan fingerprint density at radius 1 is 1.90 bits per heavy atom. The van der Waals surface area contributed by atoms with Crippen molar-refractivity contribution in [2.75, 3.05) is 6.61 Å². The Morgan fingerprint density at radius 2 is 2.20 bits per heavy atom. The standard InChI is InChI=1S/C3H6O3.C3H6O/c4-1-3(6)2-5;1-3(2)4/h1,3,5-6H,2H2;4H,1H2,2H3/p-1/t3-;/m0./s1. The van der Waals surface area contributed by atoms with E-state index in [0.717, 1.165) is 0 Å². The first-order chi connectivity index (χ1) is 4.54. The van der Waals surface area contributed by atoms with Gasteiger partial charge < -0.3 is 20.1 Å². The fourth-order valence-corrected chi connectivity index (χ4v) is 0.0430. The molecule has 0 amide bonds. The molecule has 2 N–H and O–H groups in total. The molecule has 60 valence electrons. The van der Waals surface area contributed by atoms with Crippen molar-refractivity contribution in [1.82, 2.24) is 0 Å². The van der Waals surface area contributed by atoms with Gasteiger partial charge in [0, 0.05) is 0 Å². The van der Waals surface area contributed by atoms with Crippen LogP contribution in [0, 0.1) is 0 Å². The number of aldehydes is 1. The van der Waals surface area contributed by atoms with Crippen LogP contribution in [0.4, 0.5) is 0 Å². The number of aliphatic hydroxyl groups excluding tert-OH is 2. The average Bonchev–Trinajstić information content (AvgIpc) is 1.85. The zero-order valence-electron chi connectivity index (χ0n) is 5.78. The molecule has 0 aromatic rings. The monoisotopic (exact) mass is 147 g/mol. The van der Waals surface area contributed by atoms with Gasteiger partial charge in [0.2, 0.25) is 0 Å². The Bertz CT molecular complexity index is 95.9. The molecule has 0 fully saturated rings. The largest absolute Gasteiger partial charge is 0.876 e. The maximum atomic E-state index is 9.33. The van der Waals surface area contributed by atoms with Gasteiger partial charge >= 0.3 is 0 Å². The second-order valence-electron chi connectivity index (χ2n) is 1.59. The van der Waals surface area contributed by atoms with Crippen LogP contribution in [-0.4, -0.2) is 29.2 Å². The van der Waals surface area contributed by atoms with Crippen molar-refractivity contribution in [3.8, 4) is 0 Å². The predicted molar refractivity (Wildman–Crippen MR) is 34.0 cm³/mol. The lowest BCUT2D eigenvalue weighted by Gasteiger charge is -1.92. The molecule has 1 atom stereocenters. The molecule has 0 aliphatic carbocycles. The lowest BCUT2D eigenvalue weighted by Crippen LogP contribution is -2.12. The molecule has 0 bridgehead atoms. The lowest BCUT2D eigenvalue weighted by atomic mass is 10.4. The van der Waals surface area contributed by atoms with Crippen molar-refractivity contribution in [2.24, 2.45) is 0 Å². The maximum absolute atomic E-state index is 9.33. The van der Waals surface area contributed by atoms with Gasteiger partial charge in [-0.05, 0) is 0 Å². The van der Waals surface area contributed by atoms with Gasteiger partial charge in [0.05, 0.1) is 6.61 Å². The molecular weight excluding hydrogens is 136 g/mol. The molecule has 0 rings (SSSR count). The zero-order chi connectivity index (χ0) is 8.57. The molecule has 0 spiro atoms. The minimum absolute atomic E-state index is 0.0833. The van der Waals surface area contributed by atoms with E-state index in [4.69, 9.17) is 10.2 Å². The van der Waals surface area contributed by atoms with E-state index in [0.29, 0.717) is 0 Å². The molecule has 10 heavy (non-hydrogen) atoms. The summed E-state index contributed by atoms with van der Waals surface area (Å²) < 4.78 is 0. The molecule has 0 aromatic carbocycles. The summed E-state index contributed by atoms with van der Waals surface area (Å²) in [5.74, 6) is -0.0833. The summed E-state index contributed by atoms with van der Waals surface area (Å²) in [4.78, 5) is 9.33. The van der Waals surface area contributed by atoms with E-state index in [1.54, 1.807) is 0 Å². The molecular formula is C6H11O4-. The predicted octanol–water partition coefficient (Wildman–Crippen LogP) is -1.58. The van der Waals surface area contributed by atoms with Crippen molar-refractivity contribution in [2.45, 2.75) is 13.0 Å². The van der Waals surface area contributed by atoms with Gasteiger partial charge in [0.15, 0.2) is 6.29 Å². The number of carbonyl (C=O) groups is 1. The minimum atomic E-state index is -1.19. The molecule has 0 saturated carbocycles. The minimum Gasteiger partial charge on any atom is -0.876 e. The Balaban J connectivity index is 0. The van der Waals surface area contributed by atoms with Crippen molar-refractivity contribution >= 4 is 6.29 Å². The zero-order valence-corrected chi connectivity index (χ0v) is 5.78. The van der Waals surface area contributed by atoms with Gasteiger partial charge in [-0.15, -0.1) is 12.3 Å². The van der Waals surface area contributed by atoms with E-state index in [1.165, 1.54) is 6.92 Å². The van der Waals surface area contributed by atoms with E-state index in [-0.39, 0.29) is 12.0 Å². The third-order valence-corrected chi connectivity index (χ3v) is 0.344. The Kier molecular flexibility index (Phi) is 9.65.